The lowest BCUT2D eigenvalue weighted by Crippen LogP contribution is -2.62. The quantitative estimate of drug-likeness (QED) is 0.0494. The number of carbonyl (C=O) groups is 8. The Labute approximate surface area is 395 Å². The van der Waals surface area contributed by atoms with Gasteiger partial charge in [0.15, 0.2) is 5.78 Å². The number of methoxy groups -OCH3 is 1. The molecule has 5 atom stereocenters. The summed E-state index contributed by atoms with van der Waals surface area (Å²) >= 11 is 0. The van der Waals surface area contributed by atoms with E-state index in [2.05, 4.69) is 51.9 Å². The van der Waals surface area contributed by atoms with E-state index in [-0.39, 0.29) is 37.0 Å². The Morgan fingerprint density at radius 2 is 1.46 bits per heavy atom. The molecule has 2 aromatic rings. The van der Waals surface area contributed by atoms with E-state index >= 15 is 0 Å². The molecule has 0 unspecified atom stereocenters. The number of carboxylic acid groups (broad SMARTS) is 1. The van der Waals surface area contributed by atoms with Crippen molar-refractivity contribution in [2.75, 3.05) is 33.3 Å². The number of benzene rings is 2. The first-order valence-corrected chi connectivity index (χ1v) is 23.7. The molecule has 2 aromatic carbocycles. The number of nitrogens with two attached hydrogens (primary N) is 1. The molecule has 0 aliphatic carbocycles. The number of hydrogen-bond acceptors (Lipinski definition) is 11. The van der Waals surface area contributed by atoms with Crippen LogP contribution in [0, 0.1) is 5.92 Å². The summed E-state index contributed by atoms with van der Waals surface area (Å²) in [6.45, 7) is 12.2. The van der Waals surface area contributed by atoms with Crippen LogP contribution in [0.3, 0.4) is 0 Å². The van der Waals surface area contributed by atoms with Crippen molar-refractivity contribution in [2.45, 2.75) is 155 Å². The minimum atomic E-state index is -1.11. The van der Waals surface area contributed by atoms with Crippen molar-refractivity contribution in [3.8, 4) is 11.1 Å². The second kappa shape index (κ2) is 27.7. The van der Waals surface area contributed by atoms with E-state index in [1.807, 2.05) is 19.1 Å². The number of carbonyl (C=O) groups excluding carboxylic acids is 7. The molecule has 0 radical (unpaired) electrons. The second-order valence-corrected chi connectivity index (χ2v) is 18.4. The monoisotopic (exact) mass is 935 g/mol. The molecule has 0 aromatic heterocycles. The Morgan fingerprint density at radius 1 is 0.851 bits per heavy atom. The lowest BCUT2D eigenvalue weighted by Gasteiger charge is -2.34. The van der Waals surface area contributed by atoms with Crippen molar-refractivity contribution in [1.82, 2.24) is 25.8 Å². The third-order valence-corrected chi connectivity index (χ3v) is 11.6. The summed E-state index contributed by atoms with van der Waals surface area (Å²) < 4.78 is 9.67. The molecule has 6 N–H and O–H groups in total. The van der Waals surface area contributed by atoms with Crippen LogP contribution < -0.4 is 21.7 Å². The van der Waals surface area contributed by atoms with E-state index in [0.717, 1.165) is 43.2 Å². The zero-order chi connectivity index (χ0) is 49.7. The number of hydrogen-bond donors (Lipinski definition) is 5. The molecule has 370 valence electrons. The summed E-state index contributed by atoms with van der Waals surface area (Å²) in [6, 6.07) is 12.5. The Bertz CT molecular complexity index is 1970. The molecule has 5 amide bonds. The van der Waals surface area contributed by atoms with Crippen molar-refractivity contribution >= 4 is 47.4 Å². The number of carboxylic acids is 1. The molecule has 2 saturated heterocycles. The van der Waals surface area contributed by atoms with Crippen LogP contribution in [0.4, 0.5) is 4.79 Å². The predicted molar refractivity (Wildman–Crippen MR) is 254 cm³/mol. The number of ketones is 1. The van der Waals surface area contributed by atoms with Crippen LogP contribution in [0.25, 0.3) is 11.1 Å². The number of Topliss-reactive ketones (excluding diaryl/α,β-unsaturated/α-hetero) is 1. The normalized spacial score (nSPS) is 16.9. The topological polar surface area (TPSA) is 244 Å². The molecular weight excluding hydrogens is 861 g/mol. The summed E-state index contributed by atoms with van der Waals surface area (Å²) in [4.78, 5) is 103. The molecule has 17 nitrogen and oxygen atoms in total. The predicted octanol–water partition coefficient (Wildman–Crippen LogP) is 5.55. The lowest BCUT2D eigenvalue weighted by molar-refractivity contribution is -0.153. The van der Waals surface area contributed by atoms with Gasteiger partial charge in [0.1, 0.15) is 30.3 Å². The first kappa shape index (κ1) is 55.5. The standard InChI is InChI=1S/C44H64N4O8.C6H10N2O3/c1-7-9-11-17-36(42(53)54)47-39(50)30(3)29-38(49)37-18-14-28-48(37)41(52)35(16-12-13-27-45-43(55)56-44(4,5)6)46-40(51)34-25-23-33(24-26-34)32-21-19-31(20-22-32)15-10-8-2;1-11-5(9)3-8-2-4(7)6(8)10/h19-26,30,35-37H,7-18,27-29H2,1-6H3,(H,45,55)(H,46,51)(H,47,50)(H,53,54);4H,2-3,7H2,1H3/t30-,35+,36+,37+;4-/m11/s1. The average Bonchev–Trinajstić information content (AvgIpc) is 3.80. The number of aryl methyl sites for hydroxylation is 1. The van der Waals surface area contributed by atoms with Gasteiger partial charge in [-0.15, -0.1) is 0 Å². The highest BCUT2D eigenvalue weighted by molar-refractivity contribution is 5.99. The molecule has 2 heterocycles. The van der Waals surface area contributed by atoms with Gasteiger partial charge in [-0.2, -0.15) is 0 Å². The summed E-state index contributed by atoms with van der Waals surface area (Å²) in [6.07, 6.45) is 7.66. The molecule has 2 aliphatic heterocycles. The van der Waals surface area contributed by atoms with E-state index in [1.165, 1.54) is 22.5 Å². The average molecular weight is 935 g/mol. The highest BCUT2D eigenvalue weighted by Gasteiger charge is 2.39. The van der Waals surface area contributed by atoms with Crippen molar-refractivity contribution in [2.24, 2.45) is 11.7 Å². The molecule has 0 spiro atoms. The van der Waals surface area contributed by atoms with Crippen LogP contribution in [0.1, 0.15) is 135 Å². The van der Waals surface area contributed by atoms with Crippen LogP contribution in [0.15, 0.2) is 48.5 Å². The fourth-order valence-corrected chi connectivity index (χ4v) is 7.69. The van der Waals surface area contributed by atoms with Gasteiger partial charge in [-0.3, -0.25) is 28.8 Å². The van der Waals surface area contributed by atoms with E-state index in [9.17, 15) is 43.5 Å². The van der Waals surface area contributed by atoms with Crippen molar-refractivity contribution in [3.63, 3.8) is 0 Å². The second-order valence-electron chi connectivity index (χ2n) is 18.4. The van der Waals surface area contributed by atoms with Gasteiger partial charge in [0.05, 0.1) is 13.2 Å². The van der Waals surface area contributed by atoms with E-state index in [1.54, 1.807) is 39.8 Å². The molecule has 2 fully saturated rings. The third-order valence-electron chi connectivity index (χ3n) is 11.6. The maximum atomic E-state index is 14.2. The highest BCUT2D eigenvalue weighted by atomic mass is 16.6. The molecule has 17 heteroatoms. The van der Waals surface area contributed by atoms with Crippen LogP contribution in [0.2, 0.25) is 0 Å². The van der Waals surface area contributed by atoms with Gasteiger partial charge < -0.3 is 46.1 Å². The number of aliphatic carboxylic acids is 1. The zero-order valence-corrected chi connectivity index (χ0v) is 40.5. The molecule has 0 bridgehead atoms. The fourth-order valence-electron chi connectivity index (χ4n) is 7.69. The van der Waals surface area contributed by atoms with Crippen LogP contribution >= 0.6 is 0 Å². The van der Waals surface area contributed by atoms with Gasteiger partial charge in [-0.25, -0.2) is 9.59 Å². The van der Waals surface area contributed by atoms with Gasteiger partial charge in [0, 0.05) is 37.5 Å². The van der Waals surface area contributed by atoms with Crippen molar-refractivity contribution in [3.05, 3.63) is 59.7 Å². The fraction of sp³-hybridized carbons (Fsp3) is 0.600. The van der Waals surface area contributed by atoms with Gasteiger partial charge in [-0.05, 0) is 101 Å². The molecule has 67 heavy (non-hydrogen) atoms. The van der Waals surface area contributed by atoms with Crippen LogP contribution in [-0.4, -0.2) is 125 Å². The minimum absolute atomic E-state index is 0.0169. The first-order chi connectivity index (χ1) is 31.8. The molecular formula is C50H74N6O11. The number of nitrogens with one attached hydrogen (secondary N) is 3. The Kier molecular flexibility index (Phi) is 23.0. The van der Waals surface area contributed by atoms with Gasteiger partial charge in [0.2, 0.25) is 17.7 Å². The summed E-state index contributed by atoms with van der Waals surface area (Å²) in [5.41, 5.74) is 8.33. The zero-order valence-electron chi connectivity index (χ0n) is 40.5. The number of alkyl carbamates (subject to hydrolysis) is 1. The third kappa shape index (κ3) is 18.8. The Morgan fingerprint density at radius 3 is 2.03 bits per heavy atom. The van der Waals surface area contributed by atoms with Crippen LogP contribution in [-0.2, 0) is 44.7 Å². The summed E-state index contributed by atoms with van der Waals surface area (Å²) in [5.74, 6) is -4.10. The van der Waals surface area contributed by atoms with Crippen LogP contribution in [0.5, 0.6) is 0 Å². The van der Waals surface area contributed by atoms with E-state index in [0.29, 0.717) is 63.7 Å². The lowest BCUT2D eigenvalue weighted by atomic mass is 9.96. The molecule has 4 rings (SSSR count). The Balaban J connectivity index is 0.000000943. The number of ether oxygens (including phenoxy) is 2. The number of nitrogens with zero attached hydrogens (tertiary/aromatic N) is 2. The number of likely N-dealkylation sites (tertiary alicyclic amines) is 2. The highest BCUT2D eigenvalue weighted by Crippen LogP contribution is 2.25. The van der Waals surface area contributed by atoms with E-state index < -0.39 is 65.5 Å². The molecule has 0 saturated carbocycles. The van der Waals surface area contributed by atoms with Crippen molar-refractivity contribution < 1.29 is 52.9 Å². The minimum Gasteiger partial charge on any atom is -0.480 e. The SMILES string of the molecule is CCCCC[C@H](NC(=O)[C@H](C)CC(=O)[C@@H]1CCCN1C(=O)[C@H](CCCCNC(=O)OC(C)(C)C)NC(=O)c1ccc(-c2ccc(CCCC)cc2)cc1)C(=O)O.COC(=O)CN1C[C@@H](N)C1=O. The maximum Gasteiger partial charge on any atom is 0.407 e. The van der Waals surface area contributed by atoms with E-state index in [4.69, 9.17) is 10.5 Å². The number of β-lactam (4-membered cyclic amide) rings is 1. The Hall–Kier alpha value is -5.84. The summed E-state index contributed by atoms with van der Waals surface area (Å²) in [7, 11) is 1.28. The van der Waals surface area contributed by atoms with Crippen molar-refractivity contribution in [1.29, 1.82) is 0 Å². The number of esters is 1. The van der Waals surface area contributed by atoms with Gasteiger partial charge >= 0.3 is 18.0 Å². The number of rotatable bonds is 24. The summed E-state index contributed by atoms with van der Waals surface area (Å²) in [5, 5.41) is 17.8. The number of amides is 5. The molecule has 2 aliphatic rings. The van der Waals surface area contributed by atoms with Gasteiger partial charge in [-0.1, -0.05) is 82.9 Å². The maximum absolute atomic E-state index is 14.2. The first-order valence-electron chi connectivity index (χ1n) is 23.7. The largest absolute Gasteiger partial charge is 0.480 e. The smallest absolute Gasteiger partial charge is 0.407 e. The van der Waals surface area contributed by atoms with Gasteiger partial charge in [0.25, 0.3) is 5.91 Å². The number of unbranched alkanes of at least 4 members (excludes halogenated alkanes) is 4.